The smallest absolute Gasteiger partial charge is 0.414 e. The van der Waals surface area contributed by atoms with E-state index in [0.29, 0.717) is 37.4 Å². The van der Waals surface area contributed by atoms with Crippen LogP contribution in [0.25, 0.3) is 0 Å². The van der Waals surface area contributed by atoms with Gasteiger partial charge in [-0.3, -0.25) is 4.79 Å². The minimum absolute atomic E-state index is 0.127. The average molecular weight is 405 g/mol. The van der Waals surface area contributed by atoms with Crippen LogP contribution in [0.5, 0.6) is 5.75 Å². The normalized spacial score (nSPS) is 16.0. The van der Waals surface area contributed by atoms with Crippen molar-refractivity contribution >= 4 is 23.8 Å². The molecule has 0 atom stereocenters. The van der Waals surface area contributed by atoms with Crippen molar-refractivity contribution in [3.63, 3.8) is 0 Å². The second-order valence-electron chi connectivity index (χ2n) is 8.77. The number of amides is 3. The number of hydrogen-bond donors (Lipinski definition) is 1. The molecule has 0 aliphatic carbocycles. The van der Waals surface area contributed by atoms with Gasteiger partial charge in [0.05, 0.1) is 5.41 Å². The molecule has 8 nitrogen and oxygen atoms in total. The monoisotopic (exact) mass is 405 g/mol. The number of likely N-dealkylation sites (tertiary alicyclic amines) is 1. The summed E-state index contributed by atoms with van der Waals surface area (Å²) in [6.45, 7) is 8.30. The molecule has 1 heterocycles. The topological polar surface area (TPSA) is 88.2 Å². The molecule has 1 fully saturated rings. The number of carbonyl (C=O) groups excluding carboxylic acids is 3. The SMILES string of the molecule is CN(C)C(=O)Oc1cccc(NC(=O)C2(C)CCN(C(=O)OC(C)(C)C)CC2)c1. The molecule has 0 aromatic heterocycles. The number of nitrogens with zero attached hydrogens (tertiary/aromatic N) is 2. The predicted molar refractivity (Wildman–Crippen MR) is 110 cm³/mol. The lowest BCUT2D eigenvalue weighted by atomic mass is 9.79. The summed E-state index contributed by atoms with van der Waals surface area (Å²) >= 11 is 0. The summed E-state index contributed by atoms with van der Waals surface area (Å²) in [5, 5.41) is 2.90. The highest BCUT2D eigenvalue weighted by atomic mass is 16.6. The van der Waals surface area contributed by atoms with Gasteiger partial charge in [-0.1, -0.05) is 13.0 Å². The van der Waals surface area contributed by atoms with Crippen LogP contribution in [0.3, 0.4) is 0 Å². The van der Waals surface area contributed by atoms with E-state index >= 15 is 0 Å². The molecule has 0 unspecified atom stereocenters. The van der Waals surface area contributed by atoms with E-state index < -0.39 is 17.1 Å². The Morgan fingerprint density at radius 1 is 1.14 bits per heavy atom. The third-order valence-corrected chi connectivity index (χ3v) is 4.73. The Bertz CT molecular complexity index is 762. The maximum Gasteiger partial charge on any atom is 0.414 e. The van der Waals surface area contributed by atoms with E-state index in [2.05, 4.69) is 5.32 Å². The first-order valence-corrected chi connectivity index (χ1v) is 9.68. The third kappa shape index (κ3) is 6.37. The molecular weight excluding hydrogens is 374 g/mol. The molecule has 1 saturated heterocycles. The third-order valence-electron chi connectivity index (χ3n) is 4.73. The van der Waals surface area contributed by atoms with Gasteiger partial charge in [-0.05, 0) is 45.7 Å². The Morgan fingerprint density at radius 2 is 1.76 bits per heavy atom. The summed E-state index contributed by atoms with van der Waals surface area (Å²) in [5.74, 6) is 0.226. The van der Waals surface area contributed by atoms with Gasteiger partial charge in [0.1, 0.15) is 11.4 Å². The molecule has 160 valence electrons. The standard InChI is InChI=1S/C21H31N3O5/c1-20(2,3)29-19(27)24-12-10-21(4,11-13-24)17(25)22-15-8-7-9-16(14-15)28-18(26)23(5)6/h7-9,14H,10-13H2,1-6H3,(H,22,25). The van der Waals surface area contributed by atoms with E-state index in [9.17, 15) is 14.4 Å². The second-order valence-corrected chi connectivity index (χ2v) is 8.77. The first-order valence-electron chi connectivity index (χ1n) is 9.68. The summed E-state index contributed by atoms with van der Waals surface area (Å²) in [7, 11) is 3.19. The highest BCUT2D eigenvalue weighted by Gasteiger charge is 2.39. The minimum Gasteiger partial charge on any atom is -0.444 e. The molecule has 1 aromatic rings. The average Bonchev–Trinajstić information content (AvgIpc) is 2.61. The van der Waals surface area contributed by atoms with Crippen LogP contribution in [-0.4, -0.2) is 60.7 Å². The Kier molecular flexibility index (Phi) is 6.77. The van der Waals surface area contributed by atoms with Crippen molar-refractivity contribution in [2.75, 3.05) is 32.5 Å². The molecule has 2 rings (SSSR count). The lowest BCUT2D eigenvalue weighted by molar-refractivity contribution is -0.127. The van der Waals surface area contributed by atoms with Gasteiger partial charge in [0.2, 0.25) is 5.91 Å². The molecule has 0 bridgehead atoms. The second kappa shape index (κ2) is 8.71. The van der Waals surface area contributed by atoms with E-state index in [-0.39, 0.29) is 12.0 Å². The van der Waals surface area contributed by atoms with Crippen LogP contribution in [0.4, 0.5) is 15.3 Å². The lowest BCUT2D eigenvalue weighted by Crippen LogP contribution is -2.48. The fourth-order valence-corrected chi connectivity index (χ4v) is 2.85. The zero-order valence-corrected chi connectivity index (χ0v) is 18.1. The molecule has 1 N–H and O–H groups in total. The number of rotatable bonds is 3. The molecule has 0 saturated carbocycles. The van der Waals surface area contributed by atoms with Gasteiger partial charge in [0.15, 0.2) is 0 Å². The van der Waals surface area contributed by atoms with Crippen molar-refractivity contribution in [1.82, 2.24) is 9.80 Å². The maximum atomic E-state index is 12.9. The summed E-state index contributed by atoms with van der Waals surface area (Å²) in [6.07, 6.45) is 0.228. The number of piperidine rings is 1. The van der Waals surface area contributed by atoms with Crippen molar-refractivity contribution < 1.29 is 23.9 Å². The molecular formula is C21H31N3O5. The van der Waals surface area contributed by atoms with Gasteiger partial charge >= 0.3 is 12.2 Å². The number of ether oxygens (including phenoxy) is 2. The van der Waals surface area contributed by atoms with Crippen LogP contribution in [0.15, 0.2) is 24.3 Å². The summed E-state index contributed by atoms with van der Waals surface area (Å²) in [6, 6.07) is 6.71. The largest absolute Gasteiger partial charge is 0.444 e. The predicted octanol–water partition coefficient (Wildman–Crippen LogP) is 3.72. The Hall–Kier alpha value is -2.77. The zero-order valence-electron chi connectivity index (χ0n) is 18.1. The molecule has 1 aliphatic heterocycles. The number of anilines is 1. The summed E-state index contributed by atoms with van der Waals surface area (Å²) in [5.41, 5.74) is -0.597. The quantitative estimate of drug-likeness (QED) is 0.828. The summed E-state index contributed by atoms with van der Waals surface area (Å²) in [4.78, 5) is 39.7. The lowest BCUT2D eigenvalue weighted by Gasteiger charge is -2.38. The van der Waals surface area contributed by atoms with Gasteiger partial charge in [0, 0.05) is 38.9 Å². The first-order chi connectivity index (χ1) is 13.4. The van der Waals surface area contributed by atoms with Crippen LogP contribution in [0.2, 0.25) is 0 Å². The van der Waals surface area contributed by atoms with Gasteiger partial charge < -0.3 is 24.6 Å². The van der Waals surface area contributed by atoms with E-state index in [4.69, 9.17) is 9.47 Å². The summed E-state index contributed by atoms with van der Waals surface area (Å²) < 4.78 is 10.6. The van der Waals surface area contributed by atoms with Crippen molar-refractivity contribution in [2.45, 2.75) is 46.1 Å². The van der Waals surface area contributed by atoms with Gasteiger partial charge in [-0.2, -0.15) is 0 Å². The maximum absolute atomic E-state index is 12.9. The van der Waals surface area contributed by atoms with E-state index in [1.54, 1.807) is 43.3 Å². The van der Waals surface area contributed by atoms with Crippen LogP contribution in [0.1, 0.15) is 40.5 Å². The number of hydrogen-bond acceptors (Lipinski definition) is 5. The Balaban J connectivity index is 1.96. The molecule has 0 radical (unpaired) electrons. The van der Waals surface area contributed by atoms with Crippen molar-refractivity contribution in [1.29, 1.82) is 0 Å². The van der Waals surface area contributed by atoms with Gasteiger partial charge in [-0.25, -0.2) is 9.59 Å². The van der Waals surface area contributed by atoms with Crippen LogP contribution in [-0.2, 0) is 9.53 Å². The van der Waals surface area contributed by atoms with Gasteiger partial charge in [-0.15, -0.1) is 0 Å². The van der Waals surface area contributed by atoms with Crippen LogP contribution >= 0.6 is 0 Å². The molecule has 3 amide bonds. The number of carbonyl (C=O) groups is 3. The van der Waals surface area contributed by atoms with Crippen LogP contribution < -0.4 is 10.1 Å². The Morgan fingerprint density at radius 3 is 2.31 bits per heavy atom. The minimum atomic E-state index is -0.602. The molecule has 1 aliphatic rings. The first kappa shape index (κ1) is 22.5. The van der Waals surface area contributed by atoms with Crippen molar-refractivity contribution in [3.05, 3.63) is 24.3 Å². The molecule has 1 aromatic carbocycles. The highest BCUT2D eigenvalue weighted by Crippen LogP contribution is 2.33. The van der Waals surface area contributed by atoms with E-state index in [1.165, 1.54) is 4.90 Å². The highest BCUT2D eigenvalue weighted by molar-refractivity contribution is 5.95. The van der Waals surface area contributed by atoms with Crippen LogP contribution in [0, 0.1) is 5.41 Å². The van der Waals surface area contributed by atoms with Gasteiger partial charge in [0.25, 0.3) is 0 Å². The number of benzene rings is 1. The number of nitrogens with one attached hydrogen (secondary N) is 1. The molecule has 8 heteroatoms. The van der Waals surface area contributed by atoms with Crippen molar-refractivity contribution in [3.8, 4) is 5.75 Å². The molecule has 29 heavy (non-hydrogen) atoms. The fraction of sp³-hybridized carbons (Fsp3) is 0.571. The Labute approximate surface area is 172 Å². The van der Waals surface area contributed by atoms with E-state index in [1.807, 2.05) is 27.7 Å². The zero-order chi connectivity index (χ0) is 21.8. The molecule has 0 spiro atoms. The fourth-order valence-electron chi connectivity index (χ4n) is 2.85. The van der Waals surface area contributed by atoms with Crippen molar-refractivity contribution in [2.24, 2.45) is 5.41 Å². The van der Waals surface area contributed by atoms with E-state index in [0.717, 1.165) is 0 Å².